The van der Waals surface area contributed by atoms with Crippen molar-refractivity contribution < 1.29 is 18.1 Å². The summed E-state index contributed by atoms with van der Waals surface area (Å²) in [5.74, 6) is 0. The van der Waals surface area contributed by atoms with E-state index in [0.717, 1.165) is 12.1 Å². The van der Waals surface area contributed by atoms with Crippen LogP contribution in [0.5, 0.6) is 0 Å². The van der Waals surface area contributed by atoms with Crippen molar-refractivity contribution in [2.45, 2.75) is 19.4 Å². The highest BCUT2D eigenvalue weighted by molar-refractivity contribution is 7.86. The Kier molecular flexibility index (Phi) is 5.63. The van der Waals surface area contributed by atoms with Crippen LogP contribution in [0.25, 0.3) is 0 Å². The monoisotopic (exact) mass is 309 g/mol. The Balaban J connectivity index is 3.16. The van der Waals surface area contributed by atoms with E-state index in [1.54, 1.807) is 13.8 Å². The van der Waals surface area contributed by atoms with Crippen LogP contribution in [0.1, 0.15) is 13.8 Å². The molecule has 5 nitrogen and oxygen atoms in total. The van der Waals surface area contributed by atoms with Gasteiger partial charge in [-0.2, -0.15) is 13.2 Å². The number of nitro benzene ring substituents is 1. The van der Waals surface area contributed by atoms with E-state index in [9.17, 15) is 23.3 Å². The minimum absolute atomic E-state index is 0.0724. The zero-order valence-corrected chi connectivity index (χ0v) is 11.7. The van der Waals surface area contributed by atoms with Crippen LogP contribution in [0.4, 0.5) is 24.5 Å². The lowest BCUT2D eigenvalue weighted by Gasteiger charge is -2.23. The van der Waals surface area contributed by atoms with Gasteiger partial charge in [-0.05, 0) is 12.1 Å². The number of nitro groups is 1. The highest BCUT2D eigenvalue weighted by atomic mass is 32.2. The lowest BCUT2D eigenvalue weighted by Crippen LogP contribution is -2.34. The molecule has 0 bridgehead atoms. The first-order valence-corrected chi connectivity index (χ1v) is 6.96. The summed E-state index contributed by atoms with van der Waals surface area (Å²) in [6.07, 6.45) is 0. The first-order valence-electron chi connectivity index (χ1n) is 5.82. The average molecular weight is 309 g/mol. The Labute approximate surface area is 116 Å². The fraction of sp³-hybridized carbons (Fsp3) is 0.455. The van der Waals surface area contributed by atoms with Crippen molar-refractivity contribution in [3.05, 3.63) is 34.4 Å². The van der Waals surface area contributed by atoms with Gasteiger partial charge in [0.15, 0.2) is 0 Å². The molecule has 1 rings (SSSR count). The van der Waals surface area contributed by atoms with Gasteiger partial charge in [-0.25, -0.2) is 8.67 Å². The fourth-order valence-electron chi connectivity index (χ4n) is 1.46. The predicted octanol–water partition coefficient (Wildman–Crippen LogP) is 3.80. The zero-order chi connectivity index (χ0) is 15.3. The molecule has 0 spiro atoms. The molecule has 0 amide bonds. The molecule has 0 aliphatic rings. The first-order chi connectivity index (χ1) is 9.29. The standard InChI is InChI=1S/C11H14F3N3O2S/c1-3-16(4-2)20(11(12,13)14)15-9-5-7-10(8-6-9)17(18)19/h5-8H,3-4H2,1-2H3. The summed E-state index contributed by atoms with van der Waals surface area (Å²) in [5, 5.41) is 10.5. The molecule has 0 saturated heterocycles. The van der Waals surface area contributed by atoms with Gasteiger partial charge in [0.05, 0.1) is 21.5 Å². The van der Waals surface area contributed by atoms with Crippen molar-refractivity contribution in [1.82, 2.24) is 4.31 Å². The maximum Gasteiger partial charge on any atom is 0.466 e. The Morgan fingerprint density at radius 1 is 1.25 bits per heavy atom. The van der Waals surface area contributed by atoms with Crippen LogP contribution in [0, 0.1) is 10.1 Å². The Morgan fingerprint density at radius 2 is 1.75 bits per heavy atom. The van der Waals surface area contributed by atoms with Crippen LogP contribution in [-0.4, -0.2) is 27.8 Å². The van der Waals surface area contributed by atoms with Crippen LogP contribution in [-0.2, 0) is 10.9 Å². The van der Waals surface area contributed by atoms with Gasteiger partial charge in [-0.15, -0.1) is 0 Å². The van der Waals surface area contributed by atoms with E-state index in [1.807, 2.05) is 0 Å². The number of non-ortho nitro benzene ring substituents is 1. The molecule has 9 heteroatoms. The minimum Gasteiger partial charge on any atom is -0.258 e. The summed E-state index contributed by atoms with van der Waals surface area (Å²) >= 11 is 0. The highest BCUT2D eigenvalue weighted by Crippen LogP contribution is 2.29. The first kappa shape index (κ1) is 16.6. The van der Waals surface area contributed by atoms with Gasteiger partial charge in [0.1, 0.15) is 0 Å². The van der Waals surface area contributed by atoms with Gasteiger partial charge in [0.25, 0.3) is 5.69 Å². The second-order valence-electron chi connectivity index (χ2n) is 3.69. The van der Waals surface area contributed by atoms with Crippen molar-refractivity contribution in [2.24, 2.45) is 4.36 Å². The fourth-order valence-corrected chi connectivity index (χ4v) is 2.78. The van der Waals surface area contributed by atoms with E-state index >= 15 is 0 Å². The lowest BCUT2D eigenvalue weighted by atomic mass is 10.3. The van der Waals surface area contributed by atoms with Gasteiger partial charge in [0.2, 0.25) is 0 Å². The van der Waals surface area contributed by atoms with Crippen molar-refractivity contribution in [3.63, 3.8) is 0 Å². The van der Waals surface area contributed by atoms with E-state index in [0.29, 0.717) is 0 Å². The summed E-state index contributed by atoms with van der Waals surface area (Å²) in [6.45, 7) is 3.69. The zero-order valence-electron chi connectivity index (χ0n) is 10.9. The van der Waals surface area contributed by atoms with Crippen molar-refractivity contribution in [2.75, 3.05) is 13.1 Å². The van der Waals surface area contributed by atoms with Crippen molar-refractivity contribution in [3.8, 4) is 0 Å². The van der Waals surface area contributed by atoms with Crippen LogP contribution in [0.3, 0.4) is 0 Å². The van der Waals surface area contributed by atoms with Crippen LogP contribution in [0.2, 0.25) is 0 Å². The van der Waals surface area contributed by atoms with Gasteiger partial charge in [-0.3, -0.25) is 10.1 Å². The smallest absolute Gasteiger partial charge is 0.258 e. The molecule has 0 aromatic heterocycles. The summed E-state index contributed by atoms with van der Waals surface area (Å²) in [6, 6.07) is 4.71. The molecule has 0 fully saturated rings. The van der Waals surface area contributed by atoms with E-state index < -0.39 is 21.3 Å². The predicted molar refractivity (Wildman–Crippen MR) is 71.5 cm³/mol. The van der Waals surface area contributed by atoms with E-state index in [-0.39, 0.29) is 24.5 Å². The number of benzene rings is 1. The largest absolute Gasteiger partial charge is 0.466 e. The molecule has 1 unspecified atom stereocenters. The number of nitrogens with zero attached hydrogens (tertiary/aromatic N) is 3. The molecule has 0 N–H and O–H groups in total. The molecule has 1 atom stereocenters. The molecule has 1 aromatic rings. The Bertz CT molecular complexity index is 499. The third-order valence-corrected chi connectivity index (χ3v) is 4.21. The molecule has 0 radical (unpaired) electrons. The van der Waals surface area contributed by atoms with Gasteiger partial charge in [0, 0.05) is 25.2 Å². The maximum absolute atomic E-state index is 13.0. The quantitative estimate of drug-likeness (QED) is 0.614. The minimum atomic E-state index is -4.46. The third kappa shape index (κ3) is 4.27. The number of rotatable bonds is 5. The molecule has 1 aromatic carbocycles. The van der Waals surface area contributed by atoms with Gasteiger partial charge >= 0.3 is 5.51 Å². The van der Waals surface area contributed by atoms with Crippen molar-refractivity contribution >= 4 is 22.3 Å². The second kappa shape index (κ2) is 6.80. The molecule has 0 saturated carbocycles. The van der Waals surface area contributed by atoms with E-state index in [4.69, 9.17) is 0 Å². The molecule has 0 heterocycles. The molecular formula is C11H14F3N3O2S. The van der Waals surface area contributed by atoms with Gasteiger partial charge < -0.3 is 0 Å². The SMILES string of the molecule is CCN(CC)S(=Nc1ccc([N+](=O)[O-])cc1)C(F)(F)F. The van der Waals surface area contributed by atoms with E-state index in [2.05, 4.69) is 4.36 Å². The van der Waals surface area contributed by atoms with Crippen LogP contribution < -0.4 is 0 Å². The van der Waals surface area contributed by atoms with E-state index in [1.165, 1.54) is 16.4 Å². The normalized spacial score (nSPS) is 13.7. The van der Waals surface area contributed by atoms with Crippen LogP contribution in [0.15, 0.2) is 28.6 Å². The number of alkyl halides is 3. The molecule has 112 valence electrons. The number of hydrogen-bond donors (Lipinski definition) is 0. The summed E-state index contributed by atoms with van der Waals surface area (Å²) in [5.41, 5.74) is -4.57. The maximum atomic E-state index is 13.0. The van der Waals surface area contributed by atoms with Crippen molar-refractivity contribution in [1.29, 1.82) is 0 Å². The lowest BCUT2D eigenvalue weighted by molar-refractivity contribution is -0.384. The second-order valence-corrected chi connectivity index (χ2v) is 5.38. The third-order valence-electron chi connectivity index (χ3n) is 2.41. The topological polar surface area (TPSA) is 58.7 Å². The number of halogens is 3. The molecule has 0 aliphatic carbocycles. The Morgan fingerprint density at radius 3 is 2.10 bits per heavy atom. The molecular weight excluding hydrogens is 295 g/mol. The van der Waals surface area contributed by atoms with Crippen LogP contribution >= 0.6 is 0 Å². The number of hydrogen-bond acceptors (Lipinski definition) is 3. The molecule has 20 heavy (non-hydrogen) atoms. The highest BCUT2D eigenvalue weighted by Gasteiger charge is 2.37. The Hall–Kier alpha value is -1.48. The summed E-state index contributed by atoms with van der Waals surface area (Å²) < 4.78 is 43.9. The average Bonchev–Trinajstić information content (AvgIpc) is 2.38. The summed E-state index contributed by atoms with van der Waals surface area (Å²) in [7, 11) is -2.26. The molecule has 0 aliphatic heterocycles. The van der Waals surface area contributed by atoms with Gasteiger partial charge in [-0.1, -0.05) is 13.8 Å². The summed E-state index contributed by atoms with van der Waals surface area (Å²) in [4.78, 5) is 9.87.